The first-order valence-electron chi connectivity index (χ1n) is 7.90. The average molecular weight is 314 g/mol. The Labute approximate surface area is 133 Å². The van der Waals surface area contributed by atoms with Gasteiger partial charge < -0.3 is 15.0 Å². The van der Waals surface area contributed by atoms with E-state index >= 15 is 0 Å². The lowest BCUT2D eigenvalue weighted by atomic mass is 10.2. The zero-order valence-corrected chi connectivity index (χ0v) is 15.2. The van der Waals surface area contributed by atoms with E-state index in [-0.39, 0.29) is 0 Å². The van der Waals surface area contributed by atoms with E-state index in [1.165, 1.54) is 17.7 Å². The van der Waals surface area contributed by atoms with Crippen LogP contribution in [0.15, 0.2) is 0 Å². The molecule has 1 heterocycles. The van der Waals surface area contributed by atoms with E-state index in [9.17, 15) is 0 Å². The standard InChI is InChI=1S/C16H31N3OS/c1-7-8-13(4)19(5)16-18-14(11-20-6)15(21-16)10-17-9-12(2)3/h12-13,17H,7-11H2,1-6H3. The van der Waals surface area contributed by atoms with Crippen molar-refractivity contribution in [1.29, 1.82) is 0 Å². The van der Waals surface area contributed by atoms with Crippen molar-refractivity contribution in [3.63, 3.8) is 0 Å². The molecular formula is C16H31N3OS. The Morgan fingerprint density at radius 1 is 1.33 bits per heavy atom. The number of hydrogen-bond acceptors (Lipinski definition) is 5. The second kappa shape index (κ2) is 9.38. The smallest absolute Gasteiger partial charge is 0.185 e. The van der Waals surface area contributed by atoms with Crippen molar-refractivity contribution in [2.45, 2.75) is 59.7 Å². The number of aromatic nitrogens is 1. The lowest BCUT2D eigenvalue weighted by Crippen LogP contribution is -2.28. The molecule has 1 rings (SSSR count). The molecule has 0 bridgehead atoms. The molecule has 0 aliphatic carbocycles. The summed E-state index contributed by atoms with van der Waals surface area (Å²) in [6, 6.07) is 0.521. The summed E-state index contributed by atoms with van der Waals surface area (Å²) in [5, 5.41) is 4.60. The highest BCUT2D eigenvalue weighted by atomic mass is 32.1. The summed E-state index contributed by atoms with van der Waals surface area (Å²) in [6.07, 6.45) is 2.39. The molecule has 1 aromatic heterocycles. The van der Waals surface area contributed by atoms with Crippen LogP contribution < -0.4 is 10.2 Å². The third kappa shape index (κ3) is 5.93. The molecule has 0 saturated heterocycles. The Morgan fingerprint density at radius 2 is 2.05 bits per heavy atom. The first-order valence-corrected chi connectivity index (χ1v) is 8.72. The molecular weight excluding hydrogens is 282 g/mol. The number of rotatable bonds is 10. The number of anilines is 1. The first-order chi connectivity index (χ1) is 9.99. The largest absolute Gasteiger partial charge is 0.378 e. The fourth-order valence-electron chi connectivity index (χ4n) is 2.18. The summed E-state index contributed by atoms with van der Waals surface area (Å²) in [4.78, 5) is 8.37. The van der Waals surface area contributed by atoms with Crippen molar-refractivity contribution in [2.75, 3.05) is 25.6 Å². The highest BCUT2D eigenvalue weighted by Crippen LogP contribution is 2.28. The molecule has 0 fully saturated rings. The van der Waals surface area contributed by atoms with Gasteiger partial charge in [-0.3, -0.25) is 0 Å². The van der Waals surface area contributed by atoms with Crippen molar-refractivity contribution in [3.05, 3.63) is 10.6 Å². The minimum absolute atomic E-state index is 0.521. The predicted molar refractivity (Wildman–Crippen MR) is 92.1 cm³/mol. The molecule has 0 aromatic carbocycles. The number of thiazole rings is 1. The van der Waals surface area contributed by atoms with Crippen LogP contribution in [-0.2, 0) is 17.9 Å². The quantitative estimate of drug-likeness (QED) is 0.715. The van der Waals surface area contributed by atoms with E-state index in [0.717, 1.165) is 23.9 Å². The molecule has 1 N–H and O–H groups in total. The Kier molecular flexibility index (Phi) is 8.22. The minimum atomic E-state index is 0.521. The van der Waals surface area contributed by atoms with Crippen molar-refractivity contribution in [1.82, 2.24) is 10.3 Å². The first kappa shape index (κ1) is 18.4. The van der Waals surface area contributed by atoms with Gasteiger partial charge in [0.15, 0.2) is 5.13 Å². The zero-order valence-electron chi connectivity index (χ0n) is 14.4. The summed E-state index contributed by atoms with van der Waals surface area (Å²) >= 11 is 1.79. The third-order valence-corrected chi connectivity index (χ3v) is 4.74. The highest BCUT2D eigenvalue weighted by Gasteiger charge is 2.17. The van der Waals surface area contributed by atoms with E-state index in [1.807, 2.05) is 0 Å². The van der Waals surface area contributed by atoms with Crippen LogP contribution in [0, 0.1) is 5.92 Å². The van der Waals surface area contributed by atoms with Gasteiger partial charge in [0.05, 0.1) is 12.3 Å². The van der Waals surface area contributed by atoms with Crippen LogP contribution in [0.2, 0.25) is 0 Å². The molecule has 0 amide bonds. The fourth-order valence-corrected chi connectivity index (χ4v) is 3.28. The number of ether oxygens (including phenoxy) is 1. The van der Waals surface area contributed by atoms with Gasteiger partial charge in [-0.2, -0.15) is 0 Å². The topological polar surface area (TPSA) is 37.4 Å². The molecule has 21 heavy (non-hydrogen) atoms. The molecule has 0 spiro atoms. The molecule has 0 aliphatic rings. The van der Waals surface area contributed by atoms with E-state index in [4.69, 9.17) is 9.72 Å². The predicted octanol–water partition coefficient (Wildman–Crippen LogP) is 3.66. The lowest BCUT2D eigenvalue weighted by molar-refractivity contribution is 0.181. The highest BCUT2D eigenvalue weighted by molar-refractivity contribution is 7.15. The number of nitrogens with one attached hydrogen (secondary N) is 1. The van der Waals surface area contributed by atoms with Gasteiger partial charge in [-0.15, -0.1) is 11.3 Å². The van der Waals surface area contributed by atoms with Gasteiger partial charge in [-0.25, -0.2) is 4.98 Å². The molecule has 0 saturated carbocycles. The molecule has 0 aliphatic heterocycles. The van der Waals surface area contributed by atoms with Gasteiger partial charge in [-0.05, 0) is 25.8 Å². The third-order valence-electron chi connectivity index (χ3n) is 3.56. The van der Waals surface area contributed by atoms with Crippen LogP contribution in [0.4, 0.5) is 5.13 Å². The Hall–Kier alpha value is -0.650. The molecule has 0 radical (unpaired) electrons. The van der Waals surface area contributed by atoms with E-state index < -0.39 is 0 Å². The summed E-state index contributed by atoms with van der Waals surface area (Å²) in [5.74, 6) is 0.663. The molecule has 1 aromatic rings. The molecule has 5 heteroatoms. The van der Waals surface area contributed by atoms with Gasteiger partial charge >= 0.3 is 0 Å². The van der Waals surface area contributed by atoms with E-state index in [2.05, 4.69) is 45.0 Å². The van der Waals surface area contributed by atoms with Crippen molar-refractivity contribution >= 4 is 16.5 Å². The van der Waals surface area contributed by atoms with Gasteiger partial charge in [0, 0.05) is 31.6 Å². The maximum absolute atomic E-state index is 5.29. The molecule has 1 unspecified atom stereocenters. The Bertz CT molecular complexity index is 406. The van der Waals surface area contributed by atoms with Crippen molar-refractivity contribution in [2.24, 2.45) is 5.92 Å². The van der Waals surface area contributed by atoms with Crippen LogP contribution in [0.1, 0.15) is 51.1 Å². The maximum Gasteiger partial charge on any atom is 0.185 e. The fraction of sp³-hybridized carbons (Fsp3) is 0.812. The second-order valence-corrected chi connectivity index (χ2v) is 7.13. The monoisotopic (exact) mass is 313 g/mol. The maximum atomic E-state index is 5.29. The minimum Gasteiger partial charge on any atom is -0.378 e. The van der Waals surface area contributed by atoms with E-state index in [0.29, 0.717) is 18.6 Å². The number of nitrogens with zero attached hydrogens (tertiary/aromatic N) is 2. The van der Waals surface area contributed by atoms with Crippen LogP contribution in [-0.4, -0.2) is 31.7 Å². The van der Waals surface area contributed by atoms with Crippen LogP contribution in [0.3, 0.4) is 0 Å². The second-order valence-electron chi connectivity index (χ2n) is 6.07. The summed E-state index contributed by atoms with van der Waals surface area (Å²) in [7, 11) is 3.87. The SMILES string of the molecule is CCCC(C)N(C)c1nc(COC)c(CNCC(C)C)s1. The summed E-state index contributed by atoms with van der Waals surface area (Å²) in [5.41, 5.74) is 1.07. The molecule has 1 atom stereocenters. The average Bonchev–Trinajstić information content (AvgIpc) is 2.81. The Morgan fingerprint density at radius 3 is 2.62 bits per heavy atom. The number of hydrogen-bond donors (Lipinski definition) is 1. The van der Waals surface area contributed by atoms with Crippen molar-refractivity contribution in [3.8, 4) is 0 Å². The van der Waals surface area contributed by atoms with Gasteiger partial charge in [0.25, 0.3) is 0 Å². The summed E-state index contributed by atoms with van der Waals surface area (Å²) < 4.78 is 5.29. The van der Waals surface area contributed by atoms with E-state index in [1.54, 1.807) is 18.4 Å². The normalized spacial score (nSPS) is 12.9. The van der Waals surface area contributed by atoms with Gasteiger partial charge in [0.2, 0.25) is 0 Å². The van der Waals surface area contributed by atoms with Crippen LogP contribution >= 0.6 is 11.3 Å². The van der Waals surface area contributed by atoms with Crippen LogP contribution in [0.25, 0.3) is 0 Å². The summed E-state index contributed by atoms with van der Waals surface area (Å²) in [6.45, 7) is 11.4. The van der Waals surface area contributed by atoms with Crippen molar-refractivity contribution < 1.29 is 4.74 Å². The zero-order chi connectivity index (χ0) is 15.8. The number of methoxy groups -OCH3 is 1. The Balaban J connectivity index is 2.77. The molecule has 4 nitrogen and oxygen atoms in total. The lowest BCUT2D eigenvalue weighted by Gasteiger charge is -2.23. The van der Waals surface area contributed by atoms with Gasteiger partial charge in [0.1, 0.15) is 0 Å². The van der Waals surface area contributed by atoms with Crippen LogP contribution in [0.5, 0.6) is 0 Å². The molecule has 122 valence electrons. The van der Waals surface area contributed by atoms with Gasteiger partial charge in [-0.1, -0.05) is 27.2 Å².